The van der Waals surface area contributed by atoms with Crippen LogP contribution in [0.1, 0.15) is 30.2 Å². The molecule has 0 unspecified atom stereocenters. The van der Waals surface area contributed by atoms with E-state index in [1.54, 1.807) is 10.6 Å². The van der Waals surface area contributed by atoms with Crippen LogP contribution in [0.2, 0.25) is 0 Å². The Kier molecular flexibility index (Phi) is 6.62. The molecular formula is C17H23N3O2S2. The summed E-state index contributed by atoms with van der Waals surface area (Å²) in [5, 5.41) is 4.08. The molecule has 2 rings (SSSR count). The van der Waals surface area contributed by atoms with E-state index in [1.807, 2.05) is 13.8 Å². The number of unbranched alkanes of at least 4 members (excludes halogenated alkanes) is 1. The molecule has 1 amide bonds. The number of aromatic nitrogens is 2. The van der Waals surface area contributed by atoms with Gasteiger partial charge in [0.15, 0.2) is 5.16 Å². The van der Waals surface area contributed by atoms with Gasteiger partial charge in [-0.2, -0.15) is 0 Å². The number of nitrogens with one attached hydrogen (secondary N) is 1. The quantitative estimate of drug-likeness (QED) is 0.443. The Morgan fingerprint density at radius 3 is 2.88 bits per heavy atom. The van der Waals surface area contributed by atoms with Gasteiger partial charge in [-0.15, -0.1) is 17.9 Å². The van der Waals surface area contributed by atoms with Crippen molar-refractivity contribution in [3.8, 4) is 0 Å². The molecular weight excluding hydrogens is 342 g/mol. The minimum atomic E-state index is -0.0881. The molecule has 0 aliphatic rings. The number of nitrogens with zero attached hydrogens (tertiary/aromatic N) is 2. The highest BCUT2D eigenvalue weighted by Crippen LogP contribution is 2.28. The molecule has 0 saturated carbocycles. The zero-order valence-electron chi connectivity index (χ0n) is 14.3. The number of fused-ring (bicyclic) bond motifs is 1. The van der Waals surface area contributed by atoms with Crippen molar-refractivity contribution in [3.63, 3.8) is 0 Å². The van der Waals surface area contributed by atoms with E-state index < -0.39 is 0 Å². The Morgan fingerprint density at radius 2 is 2.21 bits per heavy atom. The third kappa shape index (κ3) is 4.08. The van der Waals surface area contributed by atoms with Crippen molar-refractivity contribution < 1.29 is 4.79 Å². The number of thioether (sulfide) groups is 1. The fourth-order valence-electron chi connectivity index (χ4n) is 2.30. The molecule has 0 atom stereocenters. The van der Waals surface area contributed by atoms with Gasteiger partial charge in [0, 0.05) is 18.0 Å². The van der Waals surface area contributed by atoms with Gasteiger partial charge in [-0.3, -0.25) is 14.2 Å². The first-order chi connectivity index (χ1) is 11.5. The third-order valence-corrected chi connectivity index (χ3v) is 5.84. The van der Waals surface area contributed by atoms with Crippen molar-refractivity contribution in [3.05, 3.63) is 33.4 Å². The van der Waals surface area contributed by atoms with Gasteiger partial charge in [0.25, 0.3) is 5.56 Å². The molecule has 0 aliphatic carbocycles. The van der Waals surface area contributed by atoms with Crippen LogP contribution < -0.4 is 10.9 Å². The first-order valence-corrected chi connectivity index (χ1v) is 9.80. The normalized spacial score (nSPS) is 11.0. The number of rotatable bonds is 8. The maximum Gasteiger partial charge on any atom is 0.263 e. The summed E-state index contributed by atoms with van der Waals surface area (Å²) in [6.07, 6.45) is 3.54. The monoisotopic (exact) mass is 365 g/mol. The van der Waals surface area contributed by atoms with Gasteiger partial charge in [0.1, 0.15) is 4.83 Å². The Balaban J connectivity index is 2.37. The highest BCUT2D eigenvalue weighted by atomic mass is 32.2. The zero-order chi connectivity index (χ0) is 17.7. The SMILES string of the molecule is C=CCNC(=O)CSc1nc2sc(C)c(C)c2c(=O)n1CCCC. The third-order valence-electron chi connectivity index (χ3n) is 3.77. The van der Waals surface area contributed by atoms with Crippen LogP contribution in [-0.2, 0) is 11.3 Å². The van der Waals surface area contributed by atoms with Gasteiger partial charge >= 0.3 is 0 Å². The van der Waals surface area contributed by atoms with Crippen molar-refractivity contribution in [2.45, 2.75) is 45.3 Å². The molecule has 5 nitrogen and oxygen atoms in total. The highest BCUT2D eigenvalue weighted by Gasteiger charge is 2.17. The van der Waals surface area contributed by atoms with Crippen LogP contribution in [-0.4, -0.2) is 27.8 Å². The lowest BCUT2D eigenvalue weighted by Gasteiger charge is -2.11. The first-order valence-electron chi connectivity index (χ1n) is 8.00. The van der Waals surface area contributed by atoms with E-state index in [-0.39, 0.29) is 17.2 Å². The molecule has 1 N–H and O–H groups in total. The summed E-state index contributed by atoms with van der Waals surface area (Å²) in [5.74, 6) is 0.149. The second-order valence-electron chi connectivity index (χ2n) is 5.55. The van der Waals surface area contributed by atoms with Crippen LogP contribution in [0.15, 0.2) is 22.6 Å². The minimum absolute atomic E-state index is 0.00398. The molecule has 2 aromatic rings. The number of thiophene rings is 1. The average Bonchev–Trinajstić information content (AvgIpc) is 2.84. The second kappa shape index (κ2) is 8.48. The predicted octanol–water partition coefficient (Wildman–Crippen LogP) is 3.27. The fourth-order valence-corrected chi connectivity index (χ4v) is 4.23. The Hall–Kier alpha value is -1.60. The molecule has 0 spiro atoms. The molecule has 0 bridgehead atoms. The van der Waals surface area contributed by atoms with E-state index in [9.17, 15) is 9.59 Å². The van der Waals surface area contributed by atoms with E-state index in [4.69, 9.17) is 0 Å². The summed E-state index contributed by atoms with van der Waals surface area (Å²) in [6, 6.07) is 0. The topological polar surface area (TPSA) is 64.0 Å². The summed E-state index contributed by atoms with van der Waals surface area (Å²) < 4.78 is 1.72. The van der Waals surface area contributed by atoms with Crippen molar-refractivity contribution in [1.82, 2.24) is 14.9 Å². The van der Waals surface area contributed by atoms with E-state index in [1.165, 1.54) is 23.1 Å². The minimum Gasteiger partial charge on any atom is -0.352 e. The number of hydrogen-bond acceptors (Lipinski definition) is 5. The summed E-state index contributed by atoms with van der Waals surface area (Å²) in [4.78, 5) is 31.3. The standard InChI is InChI=1S/C17H23N3O2S2/c1-5-7-9-20-16(22)14-11(3)12(4)24-15(14)19-17(20)23-10-13(21)18-8-6-2/h6H,2,5,7-10H2,1,3-4H3,(H,18,21). The predicted molar refractivity (Wildman–Crippen MR) is 102 cm³/mol. The summed E-state index contributed by atoms with van der Waals surface area (Å²) in [5.41, 5.74) is 1.02. The smallest absolute Gasteiger partial charge is 0.263 e. The van der Waals surface area contributed by atoms with Crippen molar-refractivity contribution in [1.29, 1.82) is 0 Å². The van der Waals surface area contributed by atoms with Crippen LogP contribution in [0.25, 0.3) is 10.2 Å². The number of carbonyl (C=O) groups is 1. The van der Waals surface area contributed by atoms with Gasteiger partial charge < -0.3 is 5.32 Å². The molecule has 0 saturated heterocycles. The Morgan fingerprint density at radius 1 is 1.46 bits per heavy atom. The number of amides is 1. The lowest BCUT2D eigenvalue weighted by Crippen LogP contribution is -2.27. The first kappa shape index (κ1) is 18.7. The molecule has 0 aromatic carbocycles. The number of hydrogen-bond donors (Lipinski definition) is 1. The molecule has 2 aromatic heterocycles. The summed E-state index contributed by atoms with van der Waals surface area (Å²) in [6.45, 7) is 10.7. The van der Waals surface area contributed by atoms with Crippen molar-refractivity contribution in [2.24, 2.45) is 0 Å². The maximum absolute atomic E-state index is 12.9. The largest absolute Gasteiger partial charge is 0.352 e. The molecule has 7 heteroatoms. The van der Waals surface area contributed by atoms with E-state index >= 15 is 0 Å². The second-order valence-corrected chi connectivity index (χ2v) is 7.70. The van der Waals surface area contributed by atoms with Gasteiger partial charge in [-0.25, -0.2) is 4.98 Å². The molecule has 24 heavy (non-hydrogen) atoms. The van der Waals surface area contributed by atoms with Gasteiger partial charge in [-0.05, 0) is 25.8 Å². The zero-order valence-corrected chi connectivity index (χ0v) is 16.0. The highest BCUT2D eigenvalue weighted by molar-refractivity contribution is 7.99. The number of aryl methyl sites for hydroxylation is 2. The average molecular weight is 366 g/mol. The maximum atomic E-state index is 12.9. The Labute approximate surface area is 150 Å². The van der Waals surface area contributed by atoms with E-state index in [2.05, 4.69) is 23.8 Å². The van der Waals surface area contributed by atoms with Crippen molar-refractivity contribution >= 4 is 39.2 Å². The van der Waals surface area contributed by atoms with Gasteiger partial charge in [-0.1, -0.05) is 31.2 Å². The van der Waals surface area contributed by atoms with Crippen LogP contribution in [0.5, 0.6) is 0 Å². The molecule has 2 heterocycles. The molecule has 0 aliphatic heterocycles. The van der Waals surface area contributed by atoms with Gasteiger partial charge in [0.05, 0.1) is 11.1 Å². The molecule has 130 valence electrons. The van der Waals surface area contributed by atoms with Crippen LogP contribution in [0, 0.1) is 13.8 Å². The van der Waals surface area contributed by atoms with Crippen LogP contribution >= 0.6 is 23.1 Å². The van der Waals surface area contributed by atoms with Crippen LogP contribution in [0.4, 0.5) is 0 Å². The van der Waals surface area contributed by atoms with Crippen LogP contribution in [0.3, 0.4) is 0 Å². The van der Waals surface area contributed by atoms with Gasteiger partial charge in [0.2, 0.25) is 5.91 Å². The Bertz CT molecular complexity index is 808. The van der Waals surface area contributed by atoms with E-state index in [0.717, 1.165) is 28.1 Å². The van der Waals surface area contributed by atoms with Crippen molar-refractivity contribution in [2.75, 3.05) is 12.3 Å². The summed E-state index contributed by atoms with van der Waals surface area (Å²) in [7, 11) is 0. The molecule has 0 radical (unpaired) electrons. The lowest BCUT2D eigenvalue weighted by atomic mass is 10.2. The van der Waals surface area contributed by atoms with E-state index in [0.29, 0.717) is 23.6 Å². The molecule has 0 fully saturated rings. The summed E-state index contributed by atoms with van der Waals surface area (Å²) >= 11 is 2.85. The lowest BCUT2D eigenvalue weighted by molar-refractivity contribution is -0.118. The fraction of sp³-hybridized carbons (Fsp3) is 0.471. The number of carbonyl (C=O) groups excluding carboxylic acids is 1.